The van der Waals surface area contributed by atoms with Crippen molar-refractivity contribution in [1.82, 2.24) is 0 Å². The van der Waals surface area contributed by atoms with Gasteiger partial charge >= 0.3 is 0 Å². The molecule has 0 unspecified atom stereocenters. The van der Waals surface area contributed by atoms with Crippen LogP contribution in [0.15, 0.2) is 12.1 Å². The topological polar surface area (TPSA) is 46.2 Å². The highest BCUT2D eigenvalue weighted by Gasteiger charge is 2.26. The molecule has 0 atom stereocenters. The molecule has 2 rings (SSSR count). The van der Waals surface area contributed by atoms with Gasteiger partial charge in [0.15, 0.2) is 0 Å². The number of halogens is 1. The van der Waals surface area contributed by atoms with E-state index in [-0.39, 0.29) is 12.7 Å². The number of benzene rings is 1. The lowest BCUT2D eigenvalue weighted by Gasteiger charge is -2.00. The molecule has 5 heteroatoms. The Bertz CT molecular complexity index is 472. The number of nitrogens with one attached hydrogen (secondary N) is 1. The van der Waals surface area contributed by atoms with Crippen molar-refractivity contribution in [3.8, 4) is 0 Å². The quantitative estimate of drug-likeness (QED) is 0.696. The summed E-state index contributed by atoms with van der Waals surface area (Å²) in [4.78, 5) is 0. The summed E-state index contributed by atoms with van der Waals surface area (Å²) in [7, 11) is -3.33. The highest BCUT2D eigenvalue weighted by atomic mass is 32.2. The van der Waals surface area contributed by atoms with E-state index in [1.165, 1.54) is 0 Å². The summed E-state index contributed by atoms with van der Waals surface area (Å²) in [6.07, 6.45) is 0. The Kier molecular flexibility index (Phi) is 1.60. The number of hydrogen-bond donors (Lipinski definition) is 1. The first-order valence-corrected chi connectivity index (χ1v) is 5.43. The predicted molar refractivity (Wildman–Crippen MR) is 49.5 cm³/mol. The molecular weight excluding hydrogens is 193 g/mol. The fraction of sp³-hybridized carbons (Fsp3) is 0.250. The van der Waals surface area contributed by atoms with Crippen LogP contribution < -0.4 is 4.72 Å². The number of aryl methyl sites for hydroxylation is 1. The van der Waals surface area contributed by atoms with E-state index in [1.54, 1.807) is 19.1 Å². The Morgan fingerprint density at radius 2 is 2.23 bits per heavy atom. The minimum absolute atomic E-state index is 0. The van der Waals surface area contributed by atoms with Crippen LogP contribution in [0.4, 0.5) is 10.1 Å². The van der Waals surface area contributed by atoms with Gasteiger partial charge in [0.25, 0.3) is 0 Å². The average molecular weight is 203 g/mol. The zero-order valence-electron chi connectivity index (χ0n) is 6.96. The molecule has 13 heavy (non-hydrogen) atoms. The fourth-order valence-electron chi connectivity index (χ4n) is 1.37. The average Bonchev–Trinajstić information content (AvgIpc) is 2.34. The van der Waals surface area contributed by atoms with Crippen molar-refractivity contribution in [3.63, 3.8) is 0 Å². The lowest BCUT2D eigenvalue weighted by molar-refractivity contribution is 0.594. The summed E-state index contributed by atoms with van der Waals surface area (Å²) in [6.45, 7) is 1.61. The van der Waals surface area contributed by atoms with Crippen LogP contribution in [0.25, 0.3) is 0 Å². The molecule has 1 aliphatic rings. The molecule has 1 aliphatic heterocycles. The van der Waals surface area contributed by atoms with Gasteiger partial charge in [0.2, 0.25) is 10.0 Å². The smallest absolute Gasteiger partial charge is 0.237 e. The van der Waals surface area contributed by atoms with Gasteiger partial charge in [-0.05, 0) is 18.6 Å². The number of sulfonamides is 1. The van der Waals surface area contributed by atoms with E-state index in [2.05, 4.69) is 4.72 Å². The predicted octanol–water partition coefficient (Wildman–Crippen LogP) is 1.64. The minimum Gasteiger partial charge on any atom is -0.283 e. The summed E-state index contributed by atoms with van der Waals surface area (Å²) in [5.74, 6) is -0.679. The maximum absolute atomic E-state index is 13.3. The zero-order chi connectivity index (χ0) is 9.64. The largest absolute Gasteiger partial charge is 0.283 e. The van der Waals surface area contributed by atoms with Gasteiger partial charge < -0.3 is 0 Å². The lowest BCUT2D eigenvalue weighted by atomic mass is 10.1. The van der Waals surface area contributed by atoms with Crippen molar-refractivity contribution < 1.29 is 14.2 Å². The van der Waals surface area contributed by atoms with Crippen molar-refractivity contribution in [3.05, 3.63) is 29.1 Å². The summed E-state index contributed by atoms with van der Waals surface area (Å²) in [5.41, 5.74) is 1.08. The Balaban J connectivity index is 0.000000980. The van der Waals surface area contributed by atoms with Gasteiger partial charge in [-0.15, -0.1) is 0 Å². The highest BCUT2D eigenvalue weighted by molar-refractivity contribution is 7.92. The van der Waals surface area contributed by atoms with Gasteiger partial charge in [0.05, 0.1) is 11.4 Å². The van der Waals surface area contributed by atoms with Crippen LogP contribution in [-0.4, -0.2) is 8.42 Å². The van der Waals surface area contributed by atoms with E-state index < -0.39 is 15.8 Å². The standard InChI is InChI=1S/C8H8FNO2S.H2/c1-5-2-3-7-6(8(5)9)4-13(11,12)10-7;/h2-3,10H,4H2,1H3;1H. The molecule has 1 heterocycles. The summed E-state index contributed by atoms with van der Waals surface area (Å²) < 4.78 is 37.8. The second kappa shape index (κ2) is 2.45. The molecule has 0 amide bonds. The molecule has 0 saturated heterocycles. The zero-order valence-corrected chi connectivity index (χ0v) is 7.78. The number of fused-ring (bicyclic) bond motifs is 1. The van der Waals surface area contributed by atoms with Crippen molar-refractivity contribution in [2.45, 2.75) is 12.7 Å². The molecule has 0 spiro atoms. The third-order valence-electron chi connectivity index (χ3n) is 2.04. The second-order valence-electron chi connectivity index (χ2n) is 3.08. The normalized spacial score (nSPS) is 18.0. The van der Waals surface area contributed by atoms with E-state index in [0.29, 0.717) is 11.3 Å². The molecule has 0 saturated carbocycles. The van der Waals surface area contributed by atoms with E-state index in [9.17, 15) is 12.8 Å². The van der Waals surface area contributed by atoms with Gasteiger partial charge in [-0.3, -0.25) is 4.72 Å². The number of rotatable bonds is 0. The van der Waals surface area contributed by atoms with Gasteiger partial charge in [-0.1, -0.05) is 6.07 Å². The summed E-state index contributed by atoms with van der Waals surface area (Å²) >= 11 is 0. The Hall–Kier alpha value is -1.10. The first-order chi connectivity index (χ1) is 5.99. The molecule has 1 N–H and O–H groups in total. The van der Waals surface area contributed by atoms with Gasteiger partial charge in [0.1, 0.15) is 5.82 Å². The molecule has 0 radical (unpaired) electrons. The van der Waals surface area contributed by atoms with Crippen LogP contribution >= 0.6 is 0 Å². The monoisotopic (exact) mass is 203 g/mol. The van der Waals surface area contributed by atoms with Gasteiger partial charge in [0, 0.05) is 6.99 Å². The van der Waals surface area contributed by atoms with Crippen LogP contribution in [0.1, 0.15) is 12.6 Å². The van der Waals surface area contributed by atoms with E-state index in [0.717, 1.165) is 0 Å². The lowest BCUT2D eigenvalue weighted by Crippen LogP contribution is -2.05. The summed E-state index contributed by atoms with van der Waals surface area (Å²) in [6, 6.07) is 3.14. The highest BCUT2D eigenvalue weighted by Crippen LogP contribution is 2.30. The maximum Gasteiger partial charge on any atom is 0.237 e. The first kappa shape index (κ1) is 8.50. The molecule has 0 aliphatic carbocycles. The molecule has 1 aromatic carbocycles. The third kappa shape index (κ3) is 1.29. The Labute approximate surface area is 77.1 Å². The van der Waals surface area contributed by atoms with Crippen LogP contribution in [0.5, 0.6) is 0 Å². The SMILES string of the molecule is Cc1ccc2c(c1F)CS(=O)(=O)N2.[HH]. The van der Waals surface area contributed by atoms with Crippen molar-refractivity contribution in [1.29, 1.82) is 0 Å². The van der Waals surface area contributed by atoms with Crippen LogP contribution in [0.2, 0.25) is 0 Å². The van der Waals surface area contributed by atoms with E-state index in [1.807, 2.05) is 0 Å². The molecule has 0 aromatic heterocycles. The van der Waals surface area contributed by atoms with Crippen LogP contribution in [-0.2, 0) is 15.8 Å². The molecule has 72 valence electrons. The second-order valence-corrected chi connectivity index (χ2v) is 4.81. The van der Waals surface area contributed by atoms with Crippen molar-refractivity contribution in [2.75, 3.05) is 4.72 Å². The third-order valence-corrected chi connectivity index (χ3v) is 3.24. The fourth-order valence-corrected chi connectivity index (χ4v) is 2.63. The molecular formula is C8H10FNO2S. The first-order valence-electron chi connectivity index (χ1n) is 3.78. The minimum atomic E-state index is -3.33. The number of hydrogen-bond acceptors (Lipinski definition) is 2. The molecule has 3 nitrogen and oxygen atoms in total. The van der Waals surface area contributed by atoms with Crippen molar-refractivity contribution >= 4 is 15.7 Å². The Morgan fingerprint density at radius 1 is 1.54 bits per heavy atom. The molecule has 1 aromatic rings. The van der Waals surface area contributed by atoms with E-state index >= 15 is 0 Å². The maximum atomic E-state index is 13.3. The van der Waals surface area contributed by atoms with Crippen molar-refractivity contribution in [2.24, 2.45) is 0 Å². The molecule has 0 bridgehead atoms. The summed E-state index contributed by atoms with van der Waals surface area (Å²) in [5, 5.41) is 0. The van der Waals surface area contributed by atoms with Gasteiger partial charge in [-0.25, -0.2) is 12.8 Å². The van der Waals surface area contributed by atoms with Crippen LogP contribution in [0, 0.1) is 12.7 Å². The van der Waals surface area contributed by atoms with E-state index in [4.69, 9.17) is 0 Å². The molecule has 0 fully saturated rings. The number of anilines is 1. The Morgan fingerprint density at radius 3 is 2.92 bits per heavy atom. The van der Waals surface area contributed by atoms with Gasteiger partial charge in [-0.2, -0.15) is 0 Å². The van der Waals surface area contributed by atoms with Crippen LogP contribution in [0.3, 0.4) is 0 Å².